The molecular formula is C21H16Cl2F2N4O4S. The van der Waals surface area contributed by atoms with Gasteiger partial charge in [-0.05, 0) is 18.2 Å². The van der Waals surface area contributed by atoms with Gasteiger partial charge in [0.1, 0.15) is 52.1 Å². The molecule has 0 bridgehead atoms. The summed E-state index contributed by atoms with van der Waals surface area (Å²) in [7, 11) is 0. The maximum Gasteiger partial charge on any atom is 0.200 e. The van der Waals surface area contributed by atoms with Crippen molar-refractivity contribution < 1.29 is 28.8 Å². The van der Waals surface area contributed by atoms with E-state index in [9.17, 15) is 24.1 Å². The Morgan fingerprint density at radius 1 is 1.15 bits per heavy atom. The van der Waals surface area contributed by atoms with Crippen LogP contribution in [0, 0.1) is 18.2 Å². The molecule has 0 aliphatic carbocycles. The largest absolute Gasteiger partial charge is 0.394 e. The van der Waals surface area contributed by atoms with Crippen LogP contribution in [0.15, 0.2) is 41.4 Å². The topological polar surface area (TPSA) is 105 Å². The summed E-state index contributed by atoms with van der Waals surface area (Å²) in [5, 5.41) is 39.0. The van der Waals surface area contributed by atoms with Crippen LogP contribution in [0.25, 0.3) is 16.1 Å². The van der Waals surface area contributed by atoms with E-state index < -0.39 is 53.1 Å². The molecule has 3 aromatic rings. The van der Waals surface area contributed by atoms with Crippen LogP contribution in [0.1, 0.15) is 6.04 Å². The minimum Gasteiger partial charge on any atom is -0.394 e. The molecule has 1 aliphatic heterocycles. The predicted octanol–water partition coefficient (Wildman–Crippen LogP) is 3.85. The first-order valence-electron chi connectivity index (χ1n) is 9.76. The number of aromatic nitrogens is 3. The summed E-state index contributed by atoms with van der Waals surface area (Å²) in [5.74, 6) is -1.96. The molecule has 1 saturated heterocycles. The Balaban J connectivity index is 1.66. The van der Waals surface area contributed by atoms with Gasteiger partial charge < -0.3 is 20.1 Å². The van der Waals surface area contributed by atoms with Crippen LogP contribution in [-0.4, -0.2) is 60.7 Å². The first-order valence-corrected chi connectivity index (χ1v) is 11.4. The number of nitrogens with zero attached hydrogens (tertiary/aromatic N) is 4. The Labute approximate surface area is 206 Å². The van der Waals surface area contributed by atoms with Gasteiger partial charge in [0.05, 0.1) is 19.4 Å². The van der Waals surface area contributed by atoms with Crippen molar-refractivity contribution in [1.82, 2.24) is 15.0 Å². The summed E-state index contributed by atoms with van der Waals surface area (Å²) in [6.07, 6.45) is -2.58. The number of halogens is 4. The highest BCUT2D eigenvalue weighted by Crippen LogP contribution is 2.42. The summed E-state index contributed by atoms with van der Waals surface area (Å²) in [5.41, 5.74) is -0.631. The van der Waals surface area contributed by atoms with Crippen molar-refractivity contribution in [3.8, 4) is 11.3 Å². The fraction of sp³-hybridized carbons (Fsp3) is 0.286. The lowest BCUT2D eigenvalue weighted by molar-refractivity contribution is -0.178. The average Bonchev–Trinajstić information content (AvgIpc) is 3.29. The van der Waals surface area contributed by atoms with Crippen LogP contribution in [0.4, 0.5) is 14.5 Å². The molecule has 0 radical (unpaired) electrons. The van der Waals surface area contributed by atoms with Gasteiger partial charge in [0.15, 0.2) is 0 Å². The van der Waals surface area contributed by atoms with Gasteiger partial charge in [0.25, 0.3) is 0 Å². The molecule has 2 aromatic carbocycles. The minimum absolute atomic E-state index is 0.0481. The number of hydrogen-bond donors (Lipinski definition) is 3. The molecule has 0 saturated carbocycles. The van der Waals surface area contributed by atoms with Crippen LogP contribution in [-0.2, 0) is 4.74 Å². The molecule has 1 fully saturated rings. The van der Waals surface area contributed by atoms with Crippen molar-refractivity contribution >= 4 is 40.7 Å². The zero-order valence-corrected chi connectivity index (χ0v) is 19.3. The van der Waals surface area contributed by atoms with Crippen molar-refractivity contribution in [2.75, 3.05) is 6.61 Å². The first kappa shape index (κ1) is 24.8. The van der Waals surface area contributed by atoms with E-state index in [1.54, 1.807) is 12.1 Å². The lowest BCUT2D eigenvalue weighted by atomic mass is 9.97. The normalized spacial score (nSPS) is 24.7. The third kappa shape index (κ3) is 4.76. The van der Waals surface area contributed by atoms with Gasteiger partial charge in [-0.25, -0.2) is 18.3 Å². The fourth-order valence-electron chi connectivity index (χ4n) is 3.54. The Morgan fingerprint density at radius 2 is 1.85 bits per heavy atom. The van der Waals surface area contributed by atoms with E-state index in [2.05, 4.69) is 15.2 Å². The highest BCUT2D eigenvalue weighted by atomic mass is 35.5. The standard InChI is InChI=1S/C21H16Cl2F2N4O4S/c1-26-13-3-2-10(22)6-16(13)34-21-20(32)18(19(31)15(8-30)33-21)29-7-14(27-28-29)9-4-11(24)17(23)12(25)5-9/h2-7,15,18-21,30-32H,8H2/t15?,18?,19-,20-,21+/m0/s1. The van der Waals surface area contributed by atoms with E-state index in [-0.39, 0.29) is 16.9 Å². The Bertz CT molecular complexity index is 1230. The first-order chi connectivity index (χ1) is 16.2. The smallest absolute Gasteiger partial charge is 0.200 e. The SMILES string of the molecule is [C-]#[N+]c1ccc(Cl)cc1S[C@H]1OC(CO)[C@H](O)C(n2cc(-c3cc(F)c(Cl)c(F)c3)nn2)[C@@H]1O. The van der Waals surface area contributed by atoms with Crippen LogP contribution < -0.4 is 0 Å². The van der Waals surface area contributed by atoms with Gasteiger partial charge in [-0.15, -0.1) is 16.9 Å². The minimum atomic E-state index is -1.40. The zero-order valence-electron chi connectivity index (χ0n) is 17.0. The van der Waals surface area contributed by atoms with E-state index in [4.69, 9.17) is 34.5 Å². The summed E-state index contributed by atoms with van der Waals surface area (Å²) in [6.45, 7) is 6.77. The zero-order chi connectivity index (χ0) is 24.6. The van der Waals surface area contributed by atoms with E-state index in [0.717, 1.165) is 28.6 Å². The van der Waals surface area contributed by atoms with Crippen LogP contribution in [0.5, 0.6) is 0 Å². The Morgan fingerprint density at radius 3 is 2.50 bits per heavy atom. The van der Waals surface area contributed by atoms with Crippen molar-refractivity contribution in [3.63, 3.8) is 0 Å². The molecule has 4 rings (SSSR count). The van der Waals surface area contributed by atoms with Gasteiger partial charge in [0.2, 0.25) is 5.69 Å². The molecule has 8 nitrogen and oxygen atoms in total. The van der Waals surface area contributed by atoms with Crippen molar-refractivity contribution in [3.05, 3.63) is 69.6 Å². The van der Waals surface area contributed by atoms with E-state index in [0.29, 0.717) is 9.92 Å². The van der Waals surface area contributed by atoms with E-state index in [1.807, 2.05) is 0 Å². The van der Waals surface area contributed by atoms with E-state index in [1.165, 1.54) is 12.3 Å². The number of aliphatic hydroxyl groups is 3. The molecule has 2 heterocycles. The summed E-state index contributed by atoms with van der Waals surface area (Å²) < 4.78 is 34.6. The molecule has 3 N–H and O–H groups in total. The van der Waals surface area contributed by atoms with Gasteiger partial charge in [0, 0.05) is 15.5 Å². The molecular weight excluding hydrogens is 513 g/mol. The maximum atomic E-state index is 13.9. The number of aliphatic hydroxyl groups excluding tert-OH is 3. The van der Waals surface area contributed by atoms with Crippen LogP contribution in [0.3, 0.4) is 0 Å². The summed E-state index contributed by atoms with van der Waals surface area (Å²) in [6, 6.07) is 5.45. The van der Waals surface area contributed by atoms with E-state index >= 15 is 0 Å². The third-order valence-corrected chi connectivity index (χ3v) is 7.03. The monoisotopic (exact) mass is 528 g/mol. The summed E-state index contributed by atoms with van der Waals surface area (Å²) in [4.78, 5) is 3.86. The van der Waals surface area contributed by atoms with Gasteiger partial charge in [-0.1, -0.05) is 40.5 Å². The fourth-order valence-corrected chi connectivity index (χ4v) is 5.06. The quantitative estimate of drug-likeness (QED) is 0.341. The molecule has 34 heavy (non-hydrogen) atoms. The maximum absolute atomic E-state index is 13.9. The molecule has 2 unspecified atom stereocenters. The second kappa shape index (κ2) is 10.1. The Kier molecular flexibility index (Phi) is 7.39. The lowest BCUT2D eigenvalue weighted by Crippen LogP contribution is -2.55. The van der Waals surface area contributed by atoms with Gasteiger partial charge in [-0.3, -0.25) is 0 Å². The predicted molar refractivity (Wildman–Crippen MR) is 121 cm³/mol. The molecule has 5 atom stereocenters. The highest BCUT2D eigenvalue weighted by Gasteiger charge is 2.46. The molecule has 0 amide bonds. The van der Waals surface area contributed by atoms with Crippen LogP contribution >= 0.6 is 35.0 Å². The molecule has 0 spiro atoms. The van der Waals surface area contributed by atoms with Crippen LogP contribution in [0.2, 0.25) is 10.0 Å². The number of hydrogen-bond acceptors (Lipinski definition) is 7. The van der Waals surface area contributed by atoms with Crippen molar-refractivity contribution in [2.45, 2.75) is 34.7 Å². The third-order valence-electron chi connectivity index (χ3n) is 5.23. The second-order valence-corrected chi connectivity index (χ2v) is 9.33. The van der Waals surface area contributed by atoms with Gasteiger partial charge >= 0.3 is 0 Å². The summed E-state index contributed by atoms with van der Waals surface area (Å²) >= 11 is 12.6. The number of benzene rings is 2. The Hall–Kier alpha value is -2.30. The molecule has 178 valence electrons. The molecule has 1 aromatic heterocycles. The average molecular weight is 529 g/mol. The number of ether oxygens (including phenoxy) is 1. The lowest BCUT2D eigenvalue weighted by Gasteiger charge is -2.41. The highest BCUT2D eigenvalue weighted by molar-refractivity contribution is 8.00. The van der Waals surface area contributed by atoms with Crippen molar-refractivity contribution in [1.29, 1.82) is 0 Å². The van der Waals surface area contributed by atoms with Crippen molar-refractivity contribution in [2.24, 2.45) is 0 Å². The molecule has 1 aliphatic rings. The van der Waals surface area contributed by atoms with Gasteiger partial charge in [-0.2, -0.15) is 0 Å². The second-order valence-electron chi connectivity index (χ2n) is 7.38. The number of rotatable bonds is 5. The number of thioether (sulfide) groups is 1. The molecule has 13 heteroatoms.